The van der Waals surface area contributed by atoms with Crippen LogP contribution in [0.2, 0.25) is 5.02 Å². The maximum atomic E-state index is 12.5. The van der Waals surface area contributed by atoms with Crippen LogP contribution >= 0.6 is 11.6 Å². The lowest BCUT2D eigenvalue weighted by Gasteiger charge is -2.25. The zero-order valence-electron chi connectivity index (χ0n) is 22.9. The predicted molar refractivity (Wildman–Crippen MR) is 152 cm³/mol. The largest absolute Gasteiger partial charge is 0.443 e. The Balaban J connectivity index is 1.44. The van der Waals surface area contributed by atoms with Gasteiger partial charge in [0.15, 0.2) is 9.84 Å². The molecule has 0 bridgehead atoms. The van der Waals surface area contributed by atoms with Crippen LogP contribution < -0.4 is 10.6 Å². The number of rotatable bonds is 10. The molecule has 0 aliphatic carbocycles. The maximum absolute atomic E-state index is 12.5. The Morgan fingerprint density at radius 2 is 1.75 bits per heavy atom. The summed E-state index contributed by atoms with van der Waals surface area (Å²) >= 11 is 5.94. The molecule has 0 unspecified atom stereocenters. The molecule has 13 heteroatoms. The summed E-state index contributed by atoms with van der Waals surface area (Å²) in [6.07, 6.45) is -0.447. The molecule has 0 fully saturated rings. The van der Waals surface area contributed by atoms with Gasteiger partial charge in [-0.3, -0.25) is 24.8 Å². The molecule has 0 atom stereocenters. The van der Waals surface area contributed by atoms with Crippen LogP contribution in [0.15, 0.2) is 58.4 Å². The third-order valence-electron chi connectivity index (χ3n) is 5.70. The average molecular weight is 592 g/mol. The van der Waals surface area contributed by atoms with E-state index in [1.807, 2.05) is 45.0 Å². The third kappa shape index (κ3) is 8.77. The van der Waals surface area contributed by atoms with Crippen molar-refractivity contribution in [1.29, 1.82) is 0 Å². The van der Waals surface area contributed by atoms with E-state index in [2.05, 4.69) is 15.6 Å². The van der Waals surface area contributed by atoms with Crippen LogP contribution in [0.3, 0.4) is 0 Å². The summed E-state index contributed by atoms with van der Waals surface area (Å²) in [5.74, 6) is -0.776. The normalized spacial score (nSPS) is 13.5. The molecule has 1 aliphatic heterocycles. The number of likely N-dealkylation sites (N-methyl/N-ethyl adjacent to an activating group) is 1. The van der Waals surface area contributed by atoms with Gasteiger partial charge in [-0.2, -0.15) is 0 Å². The van der Waals surface area contributed by atoms with E-state index in [1.165, 1.54) is 21.9 Å². The summed E-state index contributed by atoms with van der Waals surface area (Å²) < 4.78 is 30.2. The Morgan fingerprint density at radius 1 is 1.07 bits per heavy atom. The van der Waals surface area contributed by atoms with Crippen LogP contribution in [0.4, 0.5) is 4.79 Å². The van der Waals surface area contributed by atoms with Gasteiger partial charge in [0.25, 0.3) is 0 Å². The number of amidine groups is 1. The predicted octanol–water partition coefficient (Wildman–Crippen LogP) is 2.43. The number of hydrogen-bond acceptors (Lipinski definition) is 8. The number of halogens is 1. The molecule has 1 aliphatic rings. The minimum Gasteiger partial charge on any atom is -0.443 e. The fourth-order valence-electron chi connectivity index (χ4n) is 3.76. The highest BCUT2D eigenvalue weighted by atomic mass is 35.5. The zero-order chi connectivity index (χ0) is 29.5. The van der Waals surface area contributed by atoms with Crippen molar-refractivity contribution in [3.63, 3.8) is 0 Å². The molecule has 40 heavy (non-hydrogen) atoms. The van der Waals surface area contributed by atoms with Crippen LogP contribution in [-0.2, 0) is 30.7 Å². The third-order valence-corrected chi connectivity index (χ3v) is 7.75. The Morgan fingerprint density at radius 3 is 2.40 bits per heavy atom. The van der Waals surface area contributed by atoms with E-state index in [-0.39, 0.29) is 28.9 Å². The lowest BCUT2D eigenvalue weighted by molar-refractivity contribution is -0.132. The van der Waals surface area contributed by atoms with E-state index in [1.54, 1.807) is 19.2 Å². The second-order valence-electron chi connectivity index (χ2n) is 10.2. The second kappa shape index (κ2) is 13.2. The first-order valence-electron chi connectivity index (χ1n) is 12.6. The van der Waals surface area contributed by atoms with Gasteiger partial charge < -0.3 is 15.0 Å². The highest BCUT2D eigenvalue weighted by Crippen LogP contribution is 2.21. The summed E-state index contributed by atoms with van der Waals surface area (Å²) in [5.41, 5.74) is 0.997. The Labute approximate surface area is 239 Å². The van der Waals surface area contributed by atoms with Crippen LogP contribution in [0.1, 0.15) is 31.9 Å². The standard InChI is InChI=1S/C27H34ClN5O6S/c1-27(2,3)39-26(36)33-14-13-30-25(33)20-11-9-19(10-12-20)17-32(4)24(35)16-31-23(34)15-29-18-40(37,38)22-8-6-5-7-21(22)28/h5-12,29H,13-18H2,1-4H3,(H,31,34). The van der Waals surface area contributed by atoms with Crippen molar-refractivity contribution in [2.45, 2.75) is 37.8 Å². The monoisotopic (exact) mass is 591 g/mol. The summed E-state index contributed by atoms with van der Waals surface area (Å²) in [6.45, 7) is 6.13. The first-order chi connectivity index (χ1) is 18.8. The quantitative estimate of drug-likeness (QED) is 0.433. The number of carbonyl (C=O) groups excluding carboxylic acids is 3. The van der Waals surface area contributed by atoms with Crippen LogP contribution in [-0.4, -0.2) is 86.7 Å². The Kier molecular flexibility index (Phi) is 10.3. The minimum atomic E-state index is -3.72. The molecule has 0 saturated heterocycles. The molecule has 0 radical (unpaired) electrons. The van der Waals surface area contributed by atoms with Gasteiger partial charge in [-0.1, -0.05) is 48.0 Å². The summed E-state index contributed by atoms with van der Waals surface area (Å²) in [6, 6.07) is 13.4. The summed E-state index contributed by atoms with van der Waals surface area (Å²) in [7, 11) is -2.11. The molecule has 0 spiro atoms. The van der Waals surface area contributed by atoms with Gasteiger partial charge in [0.2, 0.25) is 11.8 Å². The maximum Gasteiger partial charge on any atom is 0.416 e. The Bertz CT molecular complexity index is 1370. The van der Waals surface area contributed by atoms with E-state index >= 15 is 0 Å². The molecule has 0 saturated carbocycles. The van der Waals surface area contributed by atoms with Crippen molar-refractivity contribution >= 4 is 45.2 Å². The fraction of sp³-hybridized carbons (Fsp3) is 0.407. The van der Waals surface area contributed by atoms with Crippen molar-refractivity contribution in [2.75, 3.05) is 39.1 Å². The highest BCUT2D eigenvalue weighted by Gasteiger charge is 2.29. The zero-order valence-corrected chi connectivity index (χ0v) is 24.5. The number of aliphatic imine (C=N–C) groups is 1. The van der Waals surface area contributed by atoms with E-state index in [9.17, 15) is 22.8 Å². The molecule has 2 N–H and O–H groups in total. The number of benzene rings is 2. The van der Waals surface area contributed by atoms with Gasteiger partial charge in [-0.25, -0.2) is 13.2 Å². The van der Waals surface area contributed by atoms with E-state index < -0.39 is 33.3 Å². The number of amides is 3. The molecule has 3 rings (SSSR count). The van der Waals surface area contributed by atoms with E-state index in [0.29, 0.717) is 25.5 Å². The lowest BCUT2D eigenvalue weighted by atomic mass is 10.1. The van der Waals surface area contributed by atoms with Crippen molar-refractivity contribution < 1.29 is 27.5 Å². The smallest absolute Gasteiger partial charge is 0.416 e. The van der Waals surface area contributed by atoms with Crippen LogP contribution in [0.5, 0.6) is 0 Å². The fourth-order valence-corrected chi connectivity index (χ4v) is 5.42. The Hall–Kier alpha value is -3.48. The molecule has 3 amide bonds. The highest BCUT2D eigenvalue weighted by molar-refractivity contribution is 7.91. The van der Waals surface area contributed by atoms with E-state index in [4.69, 9.17) is 16.3 Å². The first kappa shape index (κ1) is 31.1. The van der Waals surface area contributed by atoms with E-state index in [0.717, 1.165) is 11.1 Å². The second-order valence-corrected chi connectivity index (χ2v) is 12.5. The molecular weight excluding hydrogens is 558 g/mol. The molecule has 216 valence electrons. The van der Waals surface area contributed by atoms with Gasteiger partial charge in [-0.15, -0.1) is 0 Å². The number of carbonyl (C=O) groups is 3. The average Bonchev–Trinajstić information content (AvgIpc) is 3.37. The van der Waals surface area contributed by atoms with Gasteiger partial charge in [0, 0.05) is 19.2 Å². The molecule has 1 heterocycles. The van der Waals surface area contributed by atoms with Crippen molar-refractivity contribution in [3.05, 3.63) is 64.7 Å². The van der Waals surface area contributed by atoms with Gasteiger partial charge in [-0.05, 0) is 38.5 Å². The van der Waals surface area contributed by atoms with Crippen molar-refractivity contribution in [3.8, 4) is 0 Å². The van der Waals surface area contributed by atoms with Crippen LogP contribution in [0.25, 0.3) is 0 Å². The number of sulfone groups is 1. The molecule has 2 aromatic carbocycles. The molecule has 2 aromatic rings. The first-order valence-corrected chi connectivity index (χ1v) is 14.6. The van der Waals surface area contributed by atoms with Gasteiger partial charge >= 0.3 is 6.09 Å². The molecule has 11 nitrogen and oxygen atoms in total. The van der Waals surface area contributed by atoms with Crippen molar-refractivity contribution in [1.82, 2.24) is 20.4 Å². The SMILES string of the molecule is CN(Cc1ccc(C2=NCCN2C(=O)OC(C)(C)C)cc1)C(=O)CNC(=O)CNCS(=O)(=O)c1ccccc1Cl. The lowest BCUT2D eigenvalue weighted by Crippen LogP contribution is -2.42. The van der Waals surface area contributed by atoms with Crippen LogP contribution in [0, 0.1) is 0 Å². The number of ether oxygens (including phenoxy) is 1. The molecule has 0 aromatic heterocycles. The number of hydrogen-bond donors (Lipinski definition) is 2. The van der Waals surface area contributed by atoms with Gasteiger partial charge in [0.1, 0.15) is 17.3 Å². The topological polar surface area (TPSA) is 137 Å². The number of nitrogens with one attached hydrogen (secondary N) is 2. The summed E-state index contributed by atoms with van der Waals surface area (Å²) in [5, 5.41) is 5.16. The number of nitrogens with zero attached hydrogens (tertiary/aromatic N) is 3. The van der Waals surface area contributed by atoms with Crippen molar-refractivity contribution in [2.24, 2.45) is 4.99 Å². The minimum absolute atomic E-state index is 0.0222. The van der Waals surface area contributed by atoms with Gasteiger partial charge in [0.05, 0.1) is 36.1 Å². The summed E-state index contributed by atoms with van der Waals surface area (Å²) in [4.78, 5) is 44.6. The molecular formula is C27H34ClN5O6S.